The fourth-order valence-corrected chi connectivity index (χ4v) is 2.51. The first-order chi connectivity index (χ1) is 10.1. The van der Waals surface area contributed by atoms with Crippen molar-refractivity contribution in [1.82, 2.24) is 10.2 Å². The van der Waals surface area contributed by atoms with Crippen molar-refractivity contribution in [2.45, 2.75) is 24.9 Å². The van der Waals surface area contributed by atoms with Gasteiger partial charge >= 0.3 is 5.97 Å². The number of hydrogen-bond acceptors (Lipinski definition) is 4. The van der Waals surface area contributed by atoms with Crippen LogP contribution in [-0.4, -0.2) is 43.0 Å². The first-order valence-electron chi connectivity index (χ1n) is 6.91. The first-order valence-corrected chi connectivity index (χ1v) is 6.91. The maximum absolute atomic E-state index is 12.6. The Morgan fingerprint density at radius 3 is 2.26 bits per heavy atom. The molecule has 5 nitrogen and oxygen atoms in total. The number of nitrogens with zero attached hydrogens (tertiary/aromatic N) is 1. The summed E-state index contributed by atoms with van der Waals surface area (Å²) < 4.78 is 4.84. The molecular formula is C16H20N2O3Y6-2. The molecular weight excluding hydrogens is 802 g/mol. The van der Waals surface area contributed by atoms with E-state index < -0.39 is 18.1 Å². The molecule has 1 aliphatic rings. The summed E-state index contributed by atoms with van der Waals surface area (Å²) in [6, 6.07) is 6.68. The molecule has 2 atom stereocenters. The van der Waals surface area contributed by atoms with Crippen molar-refractivity contribution >= 4 is 11.9 Å². The van der Waals surface area contributed by atoms with Gasteiger partial charge in [-0.3, -0.25) is 4.79 Å². The standard InChI is InChI=1S/C16H20N2O3.6Y/c1-4-13(17-2)15(19)18-10-12-8-6-5-7-11(12)9-14(18)16(20)21-3;;;;;;/h5-8,10,13-14,17H,1,4,9H2,2-3H3;;;;;;/q-2;;;;;;/t13-,14?;;;;;;/m0....../s1. The third-order valence-corrected chi connectivity index (χ3v) is 3.75. The maximum atomic E-state index is 12.6. The Morgan fingerprint density at radius 1 is 1.22 bits per heavy atom. The Bertz CT molecular complexity index is 547. The van der Waals surface area contributed by atoms with Gasteiger partial charge in [-0.2, -0.15) is 18.1 Å². The van der Waals surface area contributed by atoms with Crippen molar-refractivity contribution in [3.8, 4) is 0 Å². The van der Waals surface area contributed by atoms with Crippen LogP contribution in [0.25, 0.3) is 0 Å². The molecule has 1 amide bonds. The molecule has 11 heteroatoms. The van der Waals surface area contributed by atoms with Crippen LogP contribution in [0.3, 0.4) is 0 Å². The van der Waals surface area contributed by atoms with Crippen LogP contribution in [0.5, 0.6) is 0 Å². The molecule has 1 N–H and O–H groups in total. The largest absolute Gasteiger partial charge is 0.468 e. The fraction of sp³-hybridized carbons (Fsp3) is 0.375. The van der Waals surface area contributed by atoms with Gasteiger partial charge < -0.3 is 21.9 Å². The predicted octanol–water partition coefficient (Wildman–Crippen LogP) is 0.920. The van der Waals surface area contributed by atoms with E-state index in [1.54, 1.807) is 13.6 Å². The molecule has 6 radical (unpaired) electrons. The summed E-state index contributed by atoms with van der Waals surface area (Å²) in [5.74, 6) is -0.578. The smallest absolute Gasteiger partial charge is 0.327 e. The summed E-state index contributed by atoms with van der Waals surface area (Å²) in [6.07, 6.45) is 0.869. The van der Waals surface area contributed by atoms with E-state index in [1.807, 2.05) is 24.3 Å². The van der Waals surface area contributed by atoms with Crippen molar-refractivity contribution in [3.05, 3.63) is 48.9 Å². The zero-order chi connectivity index (χ0) is 15.4. The minimum atomic E-state index is -0.625. The Kier molecular flexibility index (Phi) is 34.7. The summed E-state index contributed by atoms with van der Waals surface area (Å²) >= 11 is 0. The van der Waals surface area contributed by atoms with Crippen LogP contribution in [0, 0.1) is 13.5 Å². The van der Waals surface area contributed by atoms with Gasteiger partial charge in [0.2, 0.25) is 5.91 Å². The SMILES string of the molecule is [CH2-]C[C@H](NC)C(=O)N1[CH-]c2ccccc2CC1C(=O)OC.[Y].[Y].[Y].[Y].[Y].[Y]. The third-order valence-electron chi connectivity index (χ3n) is 3.75. The van der Waals surface area contributed by atoms with Crippen molar-refractivity contribution in [2.75, 3.05) is 14.2 Å². The predicted molar refractivity (Wildman–Crippen MR) is 79.0 cm³/mol. The zero-order valence-corrected chi connectivity index (χ0v) is 32.8. The van der Waals surface area contributed by atoms with Crippen molar-refractivity contribution in [2.24, 2.45) is 0 Å². The van der Waals surface area contributed by atoms with E-state index in [4.69, 9.17) is 4.74 Å². The first kappa shape index (κ1) is 41.8. The van der Waals surface area contributed by atoms with Crippen LogP contribution < -0.4 is 5.32 Å². The summed E-state index contributed by atoms with van der Waals surface area (Å²) in [4.78, 5) is 26.1. The van der Waals surface area contributed by atoms with Crippen LogP contribution in [0.4, 0.5) is 0 Å². The molecule has 2 rings (SSSR count). The number of methoxy groups -OCH3 is 1. The molecule has 0 fully saturated rings. The zero-order valence-electron chi connectivity index (χ0n) is 15.8. The Morgan fingerprint density at radius 2 is 1.78 bits per heavy atom. The van der Waals surface area contributed by atoms with Gasteiger partial charge in [0.05, 0.1) is 13.2 Å². The van der Waals surface area contributed by atoms with Gasteiger partial charge in [0, 0.05) is 196 Å². The van der Waals surface area contributed by atoms with Gasteiger partial charge in [-0.15, -0.1) is 17.7 Å². The molecule has 132 valence electrons. The van der Waals surface area contributed by atoms with Gasteiger partial charge in [-0.25, -0.2) is 4.79 Å². The molecule has 0 saturated carbocycles. The number of rotatable bonds is 4. The second-order valence-electron chi connectivity index (χ2n) is 4.95. The Labute approximate surface area is 313 Å². The van der Waals surface area contributed by atoms with E-state index in [2.05, 4.69) is 12.2 Å². The van der Waals surface area contributed by atoms with Crippen LogP contribution in [0.1, 0.15) is 17.5 Å². The number of carbonyl (C=O) groups is 2. The van der Waals surface area contributed by atoms with E-state index in [-0.39, 0.29) is 202 Å². The molecule has 0 saturated heterocycles. The van der Waals surface area contributed by atoms with Crippen LogP contribution in [0.2, 0.25) is 0 Å². The average Bonchev–Trinajstić information content (AvgIpc) is 2.53. The molecule has 0 bridgehead atoms. The van der Waals surface area contributed by atoms with E-state index in [1.165, 1.54) is 12.0 Å². The fourth-order valence-electron chi connectivity index (χ4n) is 2.51. The molecule has 1 unspecified atom stereocenters. The van der Waals surface area contributed by atoms with Gasteiger partial charge in [0.25, 0.3) is 0 Å². The minimum Gasteiger partial charge on any atom is -0.468 e. The van der Waals surface area contributed by atoms with Gasteiger partial charge in [0.15, 0.2) is 0 Å². The molecule has 0 aliphatic carbocycles. The number of fused-ring (bicyclic) bond motifs is 1. The quantitative estimate of drug-likeness (QED) is 0.363. The number of benzene rings is 1. The molecule has 1 heterocycles. The van der Waals surface area contributed by atoms with Crippen molar-refractivity contribution in [1.29, 1.82) is 0 Å². The van der Waals surface area contributed by atoms with Gasteiger partial charge in [-0.1, -0.05) is 12.6 Å². The summed E-state index contributed by atoms with van der Waals surface area (Å²) in [6.45, 7) is 5.49. The van der Waals surface area contributed by atoms with E-state index in [9.17, 15) is 9.59 Å². The number of hydrogen-bond donors (Lipinski definition) is 1. The topological polar surface area (TPSA) is 58.6 Å². The van der Waals surface area contributed by atoms with Crippen LogP contribution >= 0.6 is 0 Å². The van der Waals surface area contributed by atoms with Crippen molar-refractivity contribution < 1.29 is 211 Å². The van der Waals surface area contributed by atoms with E-state index in [0.29, 0.717) is 12.8 Å². The van der Waals surface area contributed by atoms with Crippen molar-refractivity contribution in [3.63, 3.8) is 0 Å². The molecule has 1 aliphatic heterocycles. The summed E-state index contributed by atoms with van der Waals surface area (Å²) in [5, 5.41) is 2.92. The number of esters is 1. The molecule has 1 aromatic carbocycles. The van der Waals surface area contributed by atoms with Gasteiger partial charge in [-0.05, 0) is 13.5 Å². The Balaban J connectivity index is -0.000000269. The average molecular weight is 822 g/mol. The molecule has 27 heavy (non-hydrogen) atoms. The monoisotopic (exact) mass is 822 g/mol. The number of nitrogens with one attached hydrogen (secondary N) is 1. The van der Waals surface area contributed by atoms with Crippen LogP contribution in [0.15, 0.2) is 24.3 Å². The number of carbonyl (C=O) groups excluding carboxylic acids is 2. The van der Waals surface area contributed by atoms with E-state index >= 15 is 0 Å². The minimum absolute atomic E-state index is 0. The Hall–Kier alpha value is 4.61. The number of ether oxygens (including phenoxy) is 1. The molecule has 0 spiro atoms. The molecule has 1 aromatic rings. The molecule has 0 aromatic heterocycles. The number of likely N-dealkylation sites (N-methyl/N-ethyl adjacent to an activating group) is 1. The normalized spacial score (nSPS) is 14.3. The second kappa shape index (κ2) is 22.4. The number of amides is 1. The summed E-state index contributed by atoms with van der Waals surface area (Å²) in [5.41, 5.74) is 1.98. The van der Waals surface area contributed by atoms with E-state index in [0.717, 1.165) is 11.1 Å². The second-order valence-corrected chi connectivity index (χ2v) is 4.95. The summed E-state index contributed by atoms with van der Waals surface area (Å²) in [7, 11) is 3.04. The maximum Gasteiger partial charge on any atom is 0.327 e. The third kappa shape index (κ3) is 12.0. The van der Waals surface area contributed by atoms with Gasteiger partial charge in [0.1, 0.15) is 6.04 Å². The van der Waals surface area contributed by atoms with Crippen LogP contribution in [-0.2, 0) is 217 Å².